The van der Waals surface area contributed by atoms with Gasteiger partial charge in [0.2, 0.25) is 0 Å². The fourth-order valence-electron chi connectivity index (χ4n) is 1.38. The zero-order valence-electron chi connectivity index (χ0n) is 9.04. The van der Waals surface area contributed by atoms with Crippen LogP contribution in [-0.4, -0.2) is 10.0 Å². The van der Waals surface area contributed by atoms with E-state index in [-0.39, 0.29) is 16.3 Å². The van der Waals surface area contributed by atoms with Crippen molar-refractivity contribution >= 4 is 17.4 Å². The molecule has 0 aliphatic heterocycles. The number of phenols is 1. The highest BCUT2D eigenvalue weighted by Gasteiger charge is 2.16. The molecule has 0 fully saturated rings. The third kappa shape index (κ3) is 2.60. The van der Waals surface area contributed by atoms with Gasteiger partial charge in [-0.25, -0.2) is 4.39 Å². The summed E-state index contributed by atoms with van der Waals surface area (Å²) in [6.45, 7) is 0. The smallest absolute Gasteiger partial charge is 0.286 e. The Hall–Kier alpha value is -2.08. The van der Waals surface area contributed by atoms with Gasteiger partial charge in [-0.3, -0.25) is 10.1 Å². The summed E-state index contributed by atoms with van der Waals surface area (Å²) < 4.78 is 13.0. The van der Waals surface area contributed by atoms with Gasteiger partial charge in [0.05, 0.1) is 20.8 Å². The summed E-state index contributed by atoms with van der Waals surface area (Å²) in [5.74, 6) is -0.635. The first kappa shape index (κ1) is 12.4. The molecule has 2 rings (SSSR count). The zero-order chi connectivity index (χ0) is 13.1. The van der Waals surface area contributed by atoms with Gasteiger partial charge in [-0.1, -0.05) is 23.9 Å². The number of rotatable bonds is 3. The van der Waals surface area contributed by atoms with Crippen molar-refractivity contribution in [3.05, 3.63) is 58.4 Å². The van der Waals surface area contributed by atoms with Crippen LogP contribution < -0.4 is 0 Å². The lowest BCUT2D eigenvalue weighted by atomic mass is 10.3. The van der Waals surface area contributed by atoms with E-state index in [1.54, 1.807) is 18.2 Å². The molecule has 1 N–H and O–H groups in total. The number of halogens is 1. The maximum Gasteiger partial charge on any atom is 0.286 e. The molecule has 2 aromatic carbocycles. The second-order valence-electron chi connectivity index (χ2n) is 3.44. The minimum Gasteiger partial charge on any atom is -0.507 e. The number of hydrogen-bond acceptors (Lipinski definition) is 4. The minimum atomic E-state index is -0.664. The quantitative estimate of drug-likeness (QED) is 0.680. The van der Waals surface area contributed by atoms with Gasteiger partial charge in [-0.15, -0.1) is 0 Å². The van der Waals surface area contributed by atoms with Gasteiger partial charge in [0, 0.05) is 0 Å². The Kier molecular flexibility index (Phi) is 3.47. The maximum absolute atomic E-state index is 13.0. The minimum absolute atomic E-state index is 0.0288. The van der Waals surface area contributed by atoms with Gasteiger partial charge < -0.3 is 5.11 Å². The highest BCUT2D eigenvalue weighted by atomic mass is 32.2. The molecule has 0 saturated carbocycles. The Morgan fingerprint density at radius 2 is 1.89 bits per heavy atom. The lowest BCUT2D eigenvalue weighted by Gasteiger charge is -2.04. The van der Waals surface area contributed by atoms with Gasteiger partial charge >= 0.3 is 0 Å². The number of nitro groups is 1. The summed E-state index contributed by atoms with van der Waals surface area (Å²) in [4.78, 5) is 10.9. The normalized spacial score (nSPS) is 10.3. The van der Waals surface area contributed by atoms with Crippen LogP contribution in [0, 0.1) is 15.9 Å². The standard InChI is InChI=1S/C12H8FNO3S/c13-8-5-6-11(9(7-8)14(16)17)18-12-4-2-1-3-10(12)15/h1-7,15H. The maximum atomic E-state index is 13.0. The van der Waals surface area contributed by atoms with Crippen molar-refractivity contribution < 1.29 is 14.4 Å². The summed E-state index contributed by atoms with van der Waals surface area (Å²) in [6.07, 6.45) is 0. The fourth-order valence-corrected chi connectivity index (χ4v) is 2.31. The molecule has 0 amide bonds. The molecule has 0 bridgehead atoms. The SMILES string of the molecule is O=[N+]([O-])c1cc(F)ccc1Sc1ccccc1O. The highest BCUT2D eigenvalue weighted by Crippen LogP contribution is 2.38. The average molecular weight is 265 g/mol. The Morgan fingerprint density at radius 1 is 1.17 bits per heavy atom. The topological polar surface area (TPSA) is 63.4 Å². The molecule has 6 heteroatoms. The number of nitro benzene ring substituents is 1. The summed E-state index contributed by atoms with van der Waals surface area (Å²) in [6, 6.07) is 9.81. The van der Waals surface area contributed by atoms with Crippen LogP contribution in [-0.2, 0) is 0 Å². The van der Waals surface area contributed by atoms with Gasteiger partial charge in [0.1, 0.15) is 11.6 Å². The van der Waals surface area contributed by atoms with E-state index in [2.05, 4.69) is 0 Å². The molecular weight excluding hydrogens is 257 g/mol. The van der Waals surface area contributed by atoms with E-state index in [1.807, 2.05) is 0 Å². The van der Waals surface area contributed by atoms with Crippen molar-refractivity contribution in [3.63, 3.8) is 0 Å². The first-order chi connectivity index (χ1) is 8.58. The summed E-state index contributed by atoms with van der Waals surface area (Å²) in [5.41, 5.74) is -0.316. The van der Waals surface area contributed by atoms with E-state index in [1.165, 1.54) is 12.1 Å². The van der Waals surface area contributed by atoms with Gasteiger partial charge in [-0.05, 0) is 24.3 Å². The Balaban J connectivity index is 2.41. The van der Waals surface area contributed by atoms with Crippen molar-refractivity contribution in [2.45, 2.75) is 9.79 Å². The zero-order valence-corrected chi connectivity index (χ0v) is 9.86. The lowest BCUT2D eigenvalue weighted by Crippen LogP contribution is -1.92. The van der Waals surface area contributed by atoms with Crippen molar-refractivity contribution in [3.8, 4) is 5.75 Å². The summed E-state index contributed by atoms with van der Waals surface area (Å²) >= 11 is 1.02. The van der Waals surface area contributed by atoms with E-state index in [0.29, 0.717) is 4.90 Å². The molecule has 92 valence electrons. The first-order valence-corrected chi connectivity index (χ1v) is 5.79. The van der Waals surface area contributed by atoms with Crippen LogP contribution in [0.2, 0.25) is 0 Å². The number of benzene rings is 2. The molecule has 0 spiro atoms. The predicted octanol–water partition coefficient (Wildman–Crippen LogP) is 3.59. The second-order valence-corrected chi connectivity index (χ2v) is 4.52. The second kappa shape index (κ2) is 5.05. The van der Waals surface area contributed by atoms with Crippen molar-refractivity contribution in [2.24, 2.45) is 0 Å². The molecule has 0 aromatic heterocycles. The molecule has 18 heavy (non-hydrogen) atoms. The number of nitrogens with zero attached hydrogens (tertiary/aromatic N) is 1. The number of para-hydroxylation sites is 1. The fraction of sp³-hybridized carbons (Fsp3) is 0. The van der Waals surface area contributed by atoms with Crippen LogP contribution >= 0.6 is 11.8 Å². The molecular formula is C12H8FNO3S. The lowest BCUT2D eigenvalue weighted by molar-refractivity contribution is -0.387. The van der Waals surface area contributed by atoms with Gasteiger partial charge in [0.15, 0.2) is 0 Å². The number of hydrogen-bond donors (Lipinski definition) is 1. The molecule has 2 aromatic rings. The van der Waals surface area contributed by atoms with E-state index in [4.69, 9.17) is 0 Å². The largest absolute Gasteiger partial charge is 0.507 e. The van der Waals surface area contributed by atoms with Crippen LogP contribution in [0.15, 0.2) is 52.3 Å². The average Bonchev–Trinajstić information content (AvgIpc) is 2.34. The Bertz CT molecular complexity index is 604. The highest BCUT2D eigenvalue weighted by molar-refractivity contribution is 7.99. The molecule has 0 heterocycles. The monoisotopic (exact) mass is 265 g/mol. The first-order valence-electron chi connectivity index (χ1n) is 4.97. The van der Waals surface area contributed by atoms with Crippen LogP contribution in [0.4, 0.5) is 10.1 Å². The molecule has 0 radical (unpaired) electrons. The molecule has 0 saturated heterocycles. The molecule has 0 aliphatic carbocycles. The Labute approximate surface area is 106 Å². The van der Waals surface area contributed by atoms with E-state index < -0.39 is 10.7 Å². The van der Waals surface area contributed by atoms with Crippen molar-refractivity contribution in [1.82, 2.24) is 0 Å². The Morgan fingerprint density at radius 3 is 2.56 bits per heavy atom. The van der Waals surface area contributed by atoms with E-state index >= 15 is 0 Å². The number of aromatic hydroxyl groups is 1. The van der Waals surface area contributed by atoms with Crippen molar-refractivity contribution in [2.75, 3.05) is 0 Å². The van der Waals surface area contributed by atoms with Crippen molar-refractivity contribution in [1.29, 1.82) is 0 Å². The van der Waals surface area contributed by atoms with Crippen LogP contribution in [0.5, 0.6) is 5.75 Å². The van der Waals surface area contributed by atoms with E-state index in [0.717, 1.165) is 23.9 Å². The molecule has 0 aliphatic rings. The summed E-state index contributed by atoms with van der Waals surface area (Å²) in [5, 5.41) is 20.4. The third-order valence-corrected chi connectivity index (χ3v) is 3.33. The van der Waals surface area contributed by atoms with Gasteiger partial charge in [0.25, 0.3) is 5.69 Å². The molecule has 4 nitrogen and oxygen atoms in total. The molecule has 0 atom stereocenters. The van der Waals surface area contributed by atoms with Gasteiger partial charge in [-0.2, -0.15) is 0 Å². The summed E-state index contributed by atoms with van der Waals surface area (Å²) in [7, 11) is 0. The number of phenolic OH excluding ortho intramolecular Hbond substituents is 1. The third-order valence-electron chi connectivity index (χ3n) is 2.20. The van der Waals surface area contributed by atoms with Crippen LogP contribution in [0.1, 0.15) is 0 Å². The molecule has 0 unspecified atom stereocenters. The van der Waals surface area contributed by atoms with E-state index in [9.17, 15) is 19.6 Å². The van der Waals surface area contributed by atoms with Crippen LogP contribution in [0.3, 0.4) is 0 Å². The predicted molar refractivity (Wildman–Crippen MR) is 65.3 cm³/mol. The van der Waals surface area contributed by atoms with Crippen LogP contribution in [0.25, 0.3) is 0 Å².